The quantitative estimate of drug-likeness (QED) is 0.413. The number of pyridine rings is 1. The van der Waals surface area contributed by atoms with Gasteiger partial charge in [0.2, 0.25) is 0 Å². The molecule has 1 unspecified atom stereocenters. The van der Waals surface area contributed by atoms with Crippen molar-refractivity contribution in [3.8, 4) is 0 Å². The number of nitrogens with one attached hydrogen (secondary N) is 1. The Bertz CT molecular complexity index is 1310. The molecule has 2 aromatic carbocycles. The zero-order valence-electron chi connectivity index (χ0n) is 19.9. The van der Waals surface area contributed by atoms with E-state index in [1.54, 1.807) is 0 Å². The number of rotatable bonds is 8. The van der Waals surface area contributed by atoms with Crippen molar-refractivity contribution in [2.24, 2.45) is 0 Å². The van der Waals surface area contributed by atoms with Crippen molar-refractivity contribution in [1.82, 2.24) is 30.1 Å². The molecule has 1 atom stereocenters. The van der Waals surface area contributed by atoms with E-state index in [1.165, 1.54) is 18.4 Å². The van der Waals surface area contributed by atoms with E-state index in [0.29, 0.717) is 19.1 Å². The smallest absolute Gasteiger partial charge is 0.252 e. The Kier molecular flexibility index (Phi) is 6.54. The number of tetrazole rings is 1. The molecule has 7 nitrogen and oxygen atoms in total. The number of aromatic amines is 1. The standard InChI is InChI=1S/C27H32N6O/c1-3-24(26-29-30-31-33(26)17-20-11-5-4-6-12-20)32(23-14-7-8-15-23)18-22-16-21-13-9-10-19(2)25(21)28-27(22)34/h4-6,9-13,16,23-24H,3,7-8,14-15,17-18H2,1-2H3,(H,28,34). The summed E-state index contributed by atoms with van der Waals surface area (Å²) in [6.07, 6.45) is 5.60. The van der Waals surface area contributed by atoms with E-state index in [9.17, 15) is 4.79 Å². The van der Waals surface area contributed by atoms with Crippen molar-refractivity contribution in [2.75, 3.05) is 0 Å². The van der Waals surface area contributed by atoms with E-state index >= 15 is 0 Å². The lowest BCUT2D eigenvalue weighted by Crippen LogP contribution is -2.39. The molecule has 1 N–H and O–H groups in total. The lowest BCUT2D eigenvalue weighted by molar-refractivity contribution is 0.112. The second-order valence-corrected chi connectivity index (χ2v) is 9.38. The Labute approximate surface area is 199 Å². The number of benzene rings is 2. The van der Waals surface area contributed by atoms with E-state index in [0.717, 1.165) is 47.1 Å². The van der Waals surface area contributed by atoms with Crippen LogP contribution >= 0.6 is 0 Å². The van der Waals surface area contributed by atoms with Crippen LogP contribution in [0.1, 0.15) is 67.6 Å². The maximum Gasteiger partial charge on any atom is 0.252 e. The number of fused-ring (bicyclic) bond motifs is 1. The average Bonchev–Trinajstić information content (AvgIpc) is 3.54. The summed E-state index contributed by atoms with van der Waals surface area (Å²) in [6, 6.07) is 18.9. The molecule has 0 aliphatic heterocycles. The fourth-order valence-electron chi connectivity index (χ4n) is 5.36. The lowest BCUT2D eigenvalue weighted by atomic mass is 10.0. The average molecular weight is 457 g/mol. The first-order valence-corrected chi connectivity index (χ1v) is 12.3. The summed E-state index contributed by atoms with van der Waals surface area (Å²) in [5, 5.41) is 13.9. The minimum absolute atomic E-state index is 0.0106. The van der Waals surface area contributed by atoms with Crippen LogP contribution < -0.4 is 5.56 Å². The second-order valence-electron chi connectivity index (χ2n) is 9.38. The van der Waals surface area contributed by atoms with Gasteiger partial charge in [0.25, 0.3) is 5.56 Å². The zero-order valence-corrected chi connectivity index (χ0v) is 19.9. The molecule has 176 valence electrons. The fraction of sp³-hybridized carbons (Fsp3) is 0.407. The van der Waals surface area contributed by atoms with E-state index < -0.39 is 0 Å². The SMILES string of the molecule is CCC(c1nnnn1Cc1ccccc1)N(Cc1cc2cccc(C)c2[nH]c1=O)C1CCCC1. The molecule has 2 aromatic heterocycles. The van der Waals surface area contributed by atoms with Crippen molar-refractivity contribution >= 4 is 10.9 Å². The molecule has 34 heavy (non-hydrogen) atoms. The number of hydrogen-bond donors (Lipinski definition) is 1. The van der Waals surface area contributed by atoms with E-state index in [4.69, 9.17) is 0 Å². The minimum Gasteiger partial charge on any atom is -0.321 e. The molecule has 0 saturated heterocycles. The van der Waals surface area contributed by atoms with Crippen LogP contribution in [-0.2, 0) is 13.1 Å². The first kappa shape index (κ1) is 22.5. The molecule has 1 saturated carbocycles. The number of H-pyrrole nitrogens is 1. The maximum absolute atomic E-state index is 13.1. The maximum atomic E-state index is 13.1. The van der Waals surface area contributed by atoms with Crippen molar-refractivity contribution in [3.05, 3.63) is 87.5 Å². The van der Waals surface area contributed by atoms with Gasteiger partial charge >= 0.3 is 0 Å². The Balaban J connectivity index is 1.50. The molecule has 5 rings (SSSR count). The normalized spacial score (nSPS) is 15.4. The number of hydrogen-bond acceptors (Lipinski definition) is 5. The van der Waals surface area contributed by atoms with Gasteiger partial charge in [-0.2, -0.15) is 0 Å². The van der Waals surface area contributed by atoms with Gasteiger partial charge in [-0.3, -0.25) is 9.69 Å². The molecule has 2 heterocycles. The van der Waals surface area contributed by atoms with Crippen molar-refractivity contribution in [3.63, 3.8) is 0 Å². The molecule has 1 aliphatic rings. The Hall–Kier alpha value is -3.32. The summed E-state index contributed by atoms with van der Waals surface area (Å²) in [7, 11) is 0. The van der Waals surface area contributed by atoms with Gasteiger partial charge in [-0.15, -0.1) is 5.10 Å². The van der Waals surface area contributed by atoms with Crippen LogP contribution in [0.3, 0.4) is 0 Å². The van der Waals surface area contributed by atoms with Crippen LogP contribution in [0, 0.1) is 6.92 Å². The molecule has 0 radical (unpaired) electrons. The molecule has 0 amide bonds. The fourth-order valence-corrected chi connectivity index (χ4v) is 5.36. The second kappa shape index (κ2) is 9.89. The van der Waals surface area contributed by atoms with Gasteiger partial charge in [0.15, 0.2) is 5.82 Å². The van der Waals surface area contributed by atoms with Crippen LogP contribution in [-0.4, -0.2) is 36.1 Å². The molecule has 0 spiro atoms. The van der Waals surface area contributed by atoms with Gasteiger partial charge in [0.05, 0.1) is 18.1 Å². The molecular formula is C27H32N6O. The molecular weight excluding hydrogens is 424 g/mol. The van der Waals surface area contributed by atoms with Crippen LogP contribution in [0.2, 0.25) is 0 Å². The van der Waals surface area contributed by atoms with Crippen molar-refractivity contribution < 1.29 is 0 Å². The van der Waals surface area contributed by atoms with E-state index in [2.05, 4.69) is 56.6 Å². The first-order chi connectivity index (χ1) is 16.6. The Morgan fingerprint density at radius 1 is 1.12 bits per heavy atom. The minimum atomic E-state index is -0.0106. The highest BCUT2D eigenvalue weighted by molar-refractivity contribution is 5.81. The molecule has 7 heteroatoms. The van der Waals surface area contributed by atoms with Crippen LogP contribution in [0.5, 0.6) is 0 Å². The van der Waals surface area contributed by atoms with Gasteiger partial charge < -0.3 is 4.98 Å². The summed E-state index contributed by atoms with van der Waals surface area (Å²) < 4.78 is 1.92. The number of para-hydroxylation sites is 1. The monoisotopic (exact) mass is 456 g/mol. The lowest BCUT2D eigenvalue weighted by Gasteiger charge is -2.35. The highest BCUT2D eigenvalue weighted by atomic mass is 16.1. The summed E-state index contributed by atoms with van der Waals surface area (Å²) in [5.41, 5.74) is 3.96. The van der Waals surface area contributed by atoms with Gasteiger partial charge in [-0.25, -0.2) is 4.68 Å². The molecule has 0 bridgehead atoms. The number of nitrogens with zero attached hydrogens (tertiary/aromatic N) is 5. The number of aryl methyl sites for hydroxylation is 1. The third-order valence-corrected chi connectivity index (χ3v) is 7.13. The van der Waals surface area contributed by atoms with Gasteiger partial charge in [-0.05, 0) is 59.2 Å². The molecule has 1 aliphatic carbocycles. The summed E-state index contributed by atoms with van der Waals surface area (Å²) in [6.45, 7) is 5.43. The predicted octanol–water partition coefficient (Wildman–Crippen LogP) is 4.77. The summed E-state index contributed by atoms with van der Waals surface area (Å²) >= 11 is 0. The zero-order chi connectivity index (χ0) is 23.5. The summed E-state index contributed by atoms with van der Waals surface area (Å²) in [5.74, 6) is 0.867. The van der Waals surface area contributed by atoms with E-state index in [-0.39, 0.29) is 11.6 Å². The highest BCUT2D eigenvalue weighted by Gasteiger charge is 2.32. The topological polar surface area (TPSA) is 79.7 Å². The van der Waals surface area contributed by atoms with Gasteiger partial charge in [0.1, 0.15) is 0 Å². The number of aromatic nitrogens is 5. The van der Waals surface area contributed by atoms with Crippen molar-refractivity contribution in [1.29, 1.82) is 0 Å². The van der Waals surface area contributed by atoms with Crippen LogP contribution in [0.4, 0.5) is 0 Å². The molecule has 4 aromatic rings. The van der Waals surface area contributed by atoms with Crippen LogP contribution in [0.15, 0.2) is 59.4 Å². The summed E-state index contributed by atoms with van der Waals surface area (Å²) in [4.78, 5) is 18.7. The highest BCUT2D eigenvalue weighted by Crippen LogP contribution is 2.33. The first-order valence-electron chi connectivity index (χ1n) is 12.3. The Morgan fingerprint density at radius 3 is 2.68 bits per heavy atom. The third-order valence-electron chi connectivity index (χ3n) is 7.13. The predicted molar refractivity (Wildman–Crippen MR) is 133 cm³/mol. The van der Waals surface area contributed by atoms with Crippen molar-refractivity contribution in [2.45, 2.75) is 71.1 Å². The van der Waals surface area contributed by atoms with E-state index in [1.807, 2.05) is 41.9 Å². The Morgan fingerprint density at radius 2 is 1.91 bits per heavy atom. The third kappa shape index (κ3) is 4.53. The van der Waals surface area contributed by atoms with Gasteiger partial charge in [0, 0.05) is 18.2 Å². The largest absolute Gasteiger partial charge is 0.321 e. The van der Waals surface area contributed by atoms with Crippen LogP contribution in [0.25, 0.3) is 10.9 Å². The van der Waals surface area contributed by atoms with Gasteiger partial charge in [-0.1, -0.05) is 68.3 Å². The molecule has 1 fully saturated rings.